The Kier molecular flexibility index (Phi) is 6.62. The van der Waals surface area contributed by atoms with Crippen LogP contribution in [0, 0.1) is 5.92 Å². The van der Waals surface area contributed by atoms with Gasteiger partial charge in [-0.25, -0.2) is 0 Å². The molecule has 0 radical (unpaired) electrons. The molecule has 1 amide bonds. The Hall–Kier alpha value is -1.10. The minimum atomic E-state index is -0.722. The van der Waals surface area contributed by atoms with Crippen LogP contribution in [0.4, 0.5) is 0 Å². The van der Waals surface area contributed by atoms with Crippen LogP contribution >= 0.6 is 0 Å². The molecule has 0 bridgehead atoms. The zero-order valence-corrected chi connectivity index (χ0v) is 10.2. The third kappa shape index (κ3) is 7.74. The molecule has 0 unspecified atom stereocenters. The van der Waals surface area contributed by atoms with Gasteiger partial charge in [0.15, 0.2) is 0 Å². The number of unbranched alkanes of at least 4 members (excludes halogenated alkanes) is 2. The van der Waals surface area contributed by atoms with Gasteiger partial charge in [-0.05, 0) is 32.2 Å². The fourth-order valence-corrected chi connectivity index (χ4v) is 1.59. The maximum atomic E-state index is 11.2. The number of nitrogens with one attached hydrogen (secondary N) is 2. The molecule has 5 nitrogen and oxygen atoms in total. The van der Waals surface area contributed by atoms with Crippen LogP contribution in [0.5, 0.6) is 0 Å². The summed E-state index contributed by atoms with van der Waals surface area (Å²) in [5, 5.41) is 14.5. The van der Waals surface area contributed by atoms with Crippen molar-refractivity contribution in [2.45, 2.75) is 38.5 Å². The molecule has 0 spiro atoms. The van der Waals surface area contributed by atoms with E-state index in [2.05, 4.69) is 10.6 Å². The van der Waals surface area contributed by atoms with Crippen molar-refractivity contribution in [2.75, 3.05) is 19.6 Å². The van der Waals surface area contributed by atoms with E-state index in [1.807, 2.05) is 0 Å². The number of carboxylic acids is 1. The minimum Gasteiger partial charge on any atom is -0.481 e. The molecule has 5 heteroatoms. The van der Waals surface area contributed by atoms with Crippen molar-refractivity contribution < 1.29 is 14.7 Å². The van der Waals surface area contributed by atoms with Crippen molar-refractivity contribution in [2.24, 2.45) is 5.92 Å². The third-order valence-electron chi connectivity index (χ3n) is 2.79. The number of aliphatic carboxylic acids is 1. The Morgan fingerprint density at radius 1 is 1.06 bits per heavy atom. The van der Waals surface area contributed by atoms with Gasteiger partial charge in [0.05, 0.1) is 0 Å². The molecule has 0 aromatic carbocycles. The lowest BCUT2D eigenvalue weighted by Gasteiger charge is -2.06. The number of hydrogen-bond donors (Lipinski definition) is 3. The molecule has 1 rings (SSSR count). The van der Waals surface area contributed by atoms with Gasteiger partial charge >= 0.3 is 5.97 Å². The minimum absolute atomic E-state index is 0.188. The molecular formula is C12H22N2O3. The molecule has 1 fully saturated rings. The van der Waals surface area contributed by atoms with Crippen molar-refractivity contribution in [3.63, 3.8) is 0 Å². The summed E-state index contributed by atoms with van der Waals surface area (Å²) in [7, 11) is 0. The van der Waals surface area contributed by atoms with Gasteiger partial charge in [0.2, 0.25) is 5.91 Å². The van der Waals surface area contributed by atoms with Crippen LogP contribution in [0.3, 0.4) is 0 Å². The third-order valence-corrected chi connectivity index (χ3v) is 2.79. The highest BCUT2D eigenvalue weighted by molar-refractivity contribution is 5.80. The van der Waals surface area contributed by atoms with Crippen LogP contribution in [0.15, 0.2) is 0 Å². The van der Waals surface area contributed by atoms with E-state index in [0.717, 1.165) is 45.2 Å². The first-order chi connectivity index (χ1) is 8.20. The van der Waals surface area contributed by atoms with E-state index < -0.39 is 5.97 Å². The van der Waals surface area contributed by atoms with Gasteiger partial charge in [-0.2, -0.15) is 0 Å². The molecule has 98 valence electrons. The van der Waals surface area contributed by atoms with Gasteiger partial charge in [0.1, 0.15) is 0 Å². The van der Waals surface area contributed by atoms with E-state index in [4.69, 9.17) is 5.11 Å². The SMILES string of the molecule is O=C(O)CCCCCNCCNC(=O)C1CC1. The summed E-state index contributed by atoms with van der Waals surface area (Å²) in [5.41, 5.74) is 0. The Labute approximate surface area is 102 Å². The quantitative estimate of drug-likeness (QED) is 0.494. The molecule has 0 aromatic rings. The molecule has 0 atom stereocenters. The highest BCUT2D eigenvalue weighted by Gasteiger charge is 2.28. The average molecular weight is 242 g/mol. The maximum absolute atomic E-state index is 11.2. The lowest BCUT2D eigenvalue weighted by atomic mass is 10.2. The molecule has 0 saturated heterocycles. The summed E-state index contributed by atoms with van der Waals surface area (Å²) in [6.07, 6.45) is 5.02. The summed E-state index contributed by atoms with van der Waals surface area (Å²) in [4.78, 5) is 21.5. The summed E-state index contributed by atoms with van der Waals surface area (Å²) in [6.45, 7) is 2.36. The zero-order chi connectivity index (χ0) is 12.5. The van der Waals surface area contributed by atoms with E-state index in [1.165, 1.54) is 0 Å². The molecule has 0 heterocycles. The predicted octanol–water partition coefficient (Wildman–Crippen LogP) is 0.747. The van der Waals surface area contributed by atoms with E-state index in [9.17, 15) is 9.59 Å². The Balaban J connectivity index is 1.75. The Morgan fingerprint density at radius 3 is 2.47 bits per heavy atom. The maximum Gasteiger partial charge on any atom is 0.303 e. The first-order valence-electron chi connectivity index (χ1n) is 6.40. The van der Waals surface area contributed by atoms with Crippen molar-refractivity contribution in [1.82, 2.24) is 10.6 Å². The second-order valence-corrected chi connectivity index (χ2v) is 4.52. The summed E-state index contributed by atoms with van der Waals surface area (Å²) < 4.78 is 0. The smallest absolute Gasteiger partial charge is 0.303 e. The fourth-order valence-electron chi connectivity index (χ4n) is 1.59. The zero-order valence-electron chi connectivity index (χ0n) is 10.2. The number of hydrogen-bond acceptors (Lipinski definition) is 3. The van der Waals surface area contributed by atoms with E-state index in [-0.39, 0.29) is 18.2 Å². The summed E-state index contributed by atoms with van der Waals surface area (Å²) >= 11 is 0. The topological polar surface area (TPSA) is 78.4 Å². The Bertz CT molecular complexity index is 252. The lowest BCUT2D eigenvalue weighted by Crippen LogP contribution is -2.33. The number of carbonyl (C=O) groups is 2. The molecule has 17 heavy (non-hydrogen) atoms. The predicted molar refractivity (Wildman–Crippen MR) is 64.7 cm³/mol. The highest BCUT2D eigenvalue weighted by Crippen LogP contribution is 2.28. The van der Waals surface area contributed by atoms with Gasteiger partial charge in [-0.15, -0.1) is 0 Å². The van der Waals surface area contributed by atoms with Crippen molar-refractivity contribution >= 4 is 11.9 Å². The van der Waals surface area contributed by atoms with Gasteiger partial charge in [0, 0.05) is 25.4 Å². The molecule has 0 aliphatic heterocycles. The standard InChI is InChI=1S/C12H22N2O3/c15-11(16)4-2-1-3-7-13-8-9-14-12(17)10-5-6-10/h10,13H,1-9H2,(H,14,17)(H,15,16). The summed E-state index contributed by atoms with van der Waals surface area (Å²) in [6, 6.07) is 0. The van der Waals surface area contributed by atoms with Gasteiger partial charge < -0.3 is 15.7 Å². The number of amides is 1. The largest absolute Gasteiger partial charge is 0.481 e. The van der Waals surface area contributed by atoms with Crippen LogP contribution < -0.4 is 10.6 Å². The van der Waals surface area contributed by atoms with Crippen LogP contribution in [0.1, 0.15) is 38.5 Å². The van der Waals surface area contributed by atoms with Gasteiger partial charge in [0.25, 0.3) is 0 Å². The first-order valence-corrected chi connectivity index (χ1v) is 6.40. The van der Waals surface area contributed by atoms with Crippen LogP contribution in [0.25, 0.3) is 0 Å². The highest BCUT2D eigenvalue weighted by atomic mass is 16.4. The van der Waals surface area contributed by atoms with Crippen LogP contribution in [-0.2, 0) is 9.59 Å². The Morgan fingerprint density at radius 2 is 1.82 bits per heavy atom. The van der Waals surface area contributed by atoms with Crippen LogP contribution in [-0.4, -0.2) is 36.6 Å². The van der Waals surface area contributed by atoms with Crippen molar-refractivity contribution in [3.8, 4) is 0 Å². The monoisotopic (exact) mass is 242 g/mol. The number of carbonyl (C=O) groups excluding carboxylic acids is 1. The molecule has 3 N–H and O–H groups in total. The first kappa shape index (κ1) is 14.0. The van der Waals surface area contributed by atoms with Gasteiger partial charge in [-0.1, -0.05) is 6.42 Å². The molecule has 1 aliphatic rings. The van der Waals surface area contributed by atoms with Gasteiger partial charge in [-0.3, -0.25) is 9.59 Å². The van der Waals surface area contributed by atoms with E-state index >= 15 is 0 Å². The lowest BCUT2D eigenvalue weighted by molar-refractivity contribution is -0.137. The molecule has 0 aromatic heterocycles. The fraction of sp³-hybridized carbons (Fsp3) is 0.833. The average Bonchev–Trinajstić information content (AvgIpc) is 3.09. The number of rotatable bonds is 10. The normalized spacial score (nSPS) is 14.6. The molecular weight excluding hydrogens is 220 g/mol. The van der Waals surface area contributed by atoms with E-state index in [1.54, 1.807) is 0 Å². The van der Waals surface area contributed by atoms with E-state index in [0.29, 0.717) is 6.54 Å². The van der Waals surface area contributed by atoms with Crippen molar-refractivity contribution in [3.05, 3.63) is 0 Å². The molecule has 1 aliphatic carbocycles. The second kappa shape index (κ2) is 8.06. The summed E-state index contributed by atoms with van der Waals surface area (Å²) in [5.74, 6) is -0.250. The second-order valence-electron chi connectivity index (χ2n) is 4.52. The number of carboxylic acid groups (broad SMARTS) is 1. The van der Waals surface area contributed by atoms with Crippen LogP contribution in [0.2, 0.25) is 0 Å². The van der Waals surface area contributed by atoms with Crippen molar-refractivity contribution in [1.29, 1.82) is 0 Å². The molecule has 1 saturated carbocycles.